The van der Waals surface area contributed by atoms with Gasteiger partial charge in [0.1, 0.15) is 11.3 Å². The Labute approximate surface area is 125 Å². The van der Waals surface area contributed by atoms with Gasteiger partial charge in [-0.05, 0) is 26.8 Å². The first-order valence-corrected chi connectivity index (χ1v) is 9.04. The van der Waals surface area contributed by atoms with Crippen molar-refractivity contribution in [2.75, 3.05) is 12.3 Å². The molecule has 1 aliphatic rings. The van der Waals surface area contributed by atoms with Gasteiger partial charge in [0.15, 0.2) is 9.84 Å². The molecule has 0 N–H and O–H groups in total. The van der Waals surface area contributed by atoms with Crippen LogP contribution < -0.4 is 0 Å². The molecular weight excluding hydrogens is 286 g/mol. The van der Waals surface area contributed by atoms with E-state index >= 15 is 0 Å². The van der Waals surface area contributed by atoms with Gasteiger partial charge in [-0.1, -0.05) is 18.2 Å². The van der Waals surface area contributed by atoms with Crippen molar-refractivity contribution < 1.29 is 12.8 Å². The molecule has 21 heavy (non-hydrogen) atoms. The van der Waals surface area contributed by atoms with Crippen LogP contribution in [0.15, 0.2) is 28.7 Å². The minimum Gasteiger partial charge on any atom is -0.461 e. The minimum absolute atomic E-state index is 0.0248. The average molecular weight is 307 g/mol. The van der Waals surface area contributed by atoms with Crippen LogP contribution in [0, 0.1) is 6.92 Å². The zero-order valence-electron chi connectivity index (χ0n) is 12.7. The lowest BCUT2D eigenvalue weighted by Gasteiger charge is -2.37. The van der Waals surface area contributed by atoms with E-state index in [9.17, 15) is 8.42 Å². The molecule has 0 saturated carbocycles. The summed E-state index contributed by atoms with van der Waals surface area (Å²) in [6, 6.07) is 8.03. The quantitative estimate of drug-likeness (QED) is 0.856. The maximum absolute atomic E-state index is 12.0. The normalized spacial score (nSPS) is 26.2. The van der Waals surface area contributed by atoms with E-state index in [1.165, 1.54) is 5.56 Å². The zero-order chi connectivity index (χ0) is 15.2. The van der Waals surface area contributed by atoms with Gasteiger partial charge in [-0.25, -0.2) is 8.42 Å². The molecule has 0 amide bonds. The molecule has 2 heterocycles. The molecule has 1 aromatic heterocycles. The van der Waals surface area contributed by atoms with Crippen molar-refractivity contribution in [3.8, 4) is 0 Å². The van der Waals surface area contributed by atoms with Crippen molar-refractivity contribution >= 4 is 20.8 Å². The van der Waals surface area contributed by atoms with Crippen LogP contribution in [0.2, 0.25) is 0 Å². The Bertz CT molecular complexity index is 763. The molecule has 1 saturated heterocycles. The van der Waals surface area contributed by atoms with Gasteiger partial charge < -0.3 is 4.42 Å². The first-order chi connectivity index (χ1) is 9.90. The Morgan fingerprint density at radius 1 is 1.29 bits per heavy atom. The number of hydrogen-bond acceptors (Lipinski definition) is 4. The lowest BCUT2D eigenvalue weighted by Crippen LogP contribution is -2.51. The Balaban J connectivity index is 1.91. The molecule has 1 fully saturated rings. The van der Waals surface area contributed by atoms with Crippen LogP contribution in [0.5, 0.6) is 0 Å². The highest BCUT2D eigenvalue weighted by Crippen LogP contribution is 2.29. The molecular formula is C16H21NO3S. The van der Waals surface area contributed by atoms with Gasteiger partial charge in [0.25, 0.3) is 0 Å². The van der Waals surface area contributed by atoms with Gasteiger partial charge in [-0.3, -0.25) is 4.90 Å². The first kappa shape index (κ1) is 14.6. The van der Waals surface area contributed by atoms with E-state index < -0.39 is 9.84 Å². The Kier molecular flexibility index (Phi) is 3.58. The van der Waals surface area contributed by atoms with E-state index in [2.05, 4.69) is 11.0 Å². The number of fused-ring (bicyclic) bond motifs is 1. The van der Waals surface area contributed by atoms with E-state index in [1.54, 1.807) is 0 Å². The fourth-order valence-corrected chi connectivity index (χ4v) is 4.71. The van der Waals surface area contributed by atoms with Crippen molar-refractivity contribution in [1.29, 1.82) is 0 Å². The Hall–Kier alpha value is -1.33. The number of aryl methyl sites for hydroxylation is 1. The molecule has 2 unspecified atom stereocenters. The highest BCUT2D eigenvalue weighted by molar-refractivity contribution is 7.92. The number of benzene rings is 1. The molecule has 0 spiro atoms. The Morgan fingerprint density at radius 3 is 2.76 bits per heavy atom. The number of nitrogens with zero attached hydrogens (tertiary/aromatic N) is 1. The van der Waals surface area contributed by atoms with E-state index in [1.807, 2.05) is 39.0 Å². The van der Waals surface area contributed by atoms with Crippen LogP contribution >= 0.6 is 0 Å². The van der Waals surface area contributed by atoms with Crippen molar-refractivity contribution in [2.45, 2.75) is 38.6 Å². The number of rotatable bonds is 2. The van der Waals surface area contributed by atoms with Gasteiger partial charge in [0.2, 0.25) is 0 Å². The molecule has 1 aliphatic heterocycles. The number of hydrogen-bond donors (Lipinski definition) is 0. The third-order valence-corrected chi connectivity index (χ3v) is 7.02. The monoisotopic (exact) mass is 307 g/mol. The van der Waals surface area contributed by atoms with E-state index in [4.69, 9.17) is 4.42 Å². The SMILES string of the molecule is Cc1oc2ccccc2c1CN1CCS(=O)(=O)C(C)C1C. The number of para-hydroxylation sites is 1. The minimum atomic E-state index is -2.94. The van der Waals surface area contributed by atoms with Crippen molar-refractivity contribution in [3.63, 3.8) is 0 Å². The summed E-state index contributed by atoms with van der Waals surface area (Å²) in [6.45, 7) is 7.12. The van der Waals surface area contributed by atoms with Crippen LogP contribution in [0.25, 0.3) is 11.0 Å². The fraction of sp³-hybridized carbons (Fsp3) is 0.500. The standard InChI is InChI=1S/C16H21NO3S/c1-11-13(3)21(18,19)9-8-17(11)10-15-12(2)20-16-7-5-4-6-14(15)16/h4-7,11,13H,8-10H2,1-3H3. The summed E-state index contributed by atoms with van der Waals surface area (Å²) in [5.41, 5.74) is 2.07. The highest BCUT2D eigenvalue weighted by Gasteiger charge is 2.36. The maximum atomic E-state index is 12.0. The van der Waals surface area contributed by atoms with Crippen molar-refractivity contribution in [1.82, 2.24) is 4.90 Å². The molecule has 4 nitrogen and oxygen atoms in total. The second-order valence-corrected chi connectivity index (χ2v) is 8.39. The van der Waals surface area contributed by atoms with Crippen LogP contribution in [0.4, 0.5) is 0 Å². The lowest BCUT2D eigenvalue weighted by atomic mass is 10.1. The fourth-order valence-electron chi connectivity index (χ4n) is 3.07. The molecule has 0 aliphatic carbocycles. The van der Waals surface area contributed by atoms with Gasteiger partial charge in [0, 0.05) is 30.1 Å². The molecule has 1 aromatic carbocycles. The smallest absolute Gasteiger partial charge is 0.155 e. The molecule has 0 bridgehead atoms. The Morgan fingerprint density at radius 2 is 2.00 bits per heavy atom. The van der Waals surface area contributed by atoms with Gasteiger partial charge in [-0.15, -0.1) is 0 Å². The largest absolute Gasteiger partial charge is 0.461 e. The van der Waals surface area contributed by atoms with Crippen molar-refractivity contribution in [2.24, 2.45) is 0 Å². The molecule has 3 rings (SSSR count). The third-order valence-electron chi connectivity index (χ3n) is 4.75. The maximum Gasteiger partial charge on any atom is 0.155 e. The number of sulfone groups is 1. The van der Waals surface area contributed by atoms with E-state index in [0.717, 1.165) is 23.3 Å². The predicted molar refractivity (Wildman–Crippen MR) is 84.1 cm³/mol. The topological polar surface area (TPSA) is 50.5 Å². The second kappa shape index (κ2) is 5.14. The molecule has 2 aromatic rings. The molecule has 5 heteroatoms. The van der Waals surface area contributed by atoms with Crippen LogP contribution in [-0.2, 0) is 16.4 Å². The van der Waals surface area contributed by atoms with Crippen LogP contribution in [0.3, 0.4) is 0 Å². The summed E-state index contributed by atoms with van der Waals surface area (Å²) in [5.74, 6) is 1.16. The first-order valence-electron chi connectivity index (χ1n) is 7.33. The summed E-state index contributed by atoms with van der Waals surface area (Å²) in [6.07, 6.45) is 0. The summed E-state index contributed by atoms with van der Waals surface area (Å²) in [7, 11) is -2.94. The van der Waals surface area contributed by atoms with Gasteiger partial charge in [0.05, 0.1) is 11.0 Å². The summed E-state index contributed by atoms with van der Waals surface area (Å²) in [5, 5.41) is 0.813. The molecule has 114 valence electrons. The summed E-state index contributed by atoms with van der Waals surface area (Å²) < 4.78 is 29.7. The third kappa shape index (κ3) is 2.49. The van der Waals surface area contributed by atoms with E-state index in [-0.39, 0.29) is 17.0 Å². The molecule has 0 radical (unpaired) electrons. The second-order valence-electron chi connectivity index (χ2n) is 5.92. The van der Waals surface area contributed by atoms with E-state index in [0.29, 0.717) is 6.54 Å². The lowest BCUT2D eigenvalue weighted by molar-refractivity contribution is 0.197. The van der Waals surface area contributed by atoms with Crippen molar-refractivity contribution in [3.05, 3.63) is 35.6 Å². The molecule has 2 atom stereocenters. The zero-order valence-corrected chi connectivity index (χ0v) is 13.5. The highest BCUT2D eigenvalue weighted by atomic mass is 32.2. The number of furan rings is 1. The van der Waals surface area contributed by atoms with Gasteiger partial charge in [-0.2, -0.15) is 0 Å². The predicted octanol–water partition coefficient (Wildman–Crippen LogP) is 2.75. The van der Waals surface area contributed by atoms with Crippen LogP contribution in [0.1, 0.15) is 25.2 Å². The summed E-state index contributed by atoms with van der Waals surface area (Å²) >= 11 is 0. The summed E-state index contributed by atoms with van der Waals surface area (Å²) in [4.78, 5) is 2.25. The average Bonchev–Trinajstić information content (AvgIpc) is 2.76. The van der Waals surface area contributed by atoms with Crippen LogP contribution in [-0.4, -0.2) is 36.9 Å². The van der Waals surface area contributed by atoms with Gasteiger partial charge >= 0.3 is 0 Å².